The molecule has 7 heteroatoms. The van der Waals surface area contributed by atoms with Crippen molar-refractivity contribution in [1.29, 1.82) is 5.26 Å². The van der Waals surface area contributed by atoms with Gasteiger partial charge in [-0.3, -0.25) is 4.79 Å². The van der Waals surface area contributed by atoms with E-state index in [2.05, 4.69) is 11.4 Å². The lowest BCUT2D eigenvalue weighted by atomic mass is 9.78. The Kier molecular flexibility index (Phi) is 5.72. The van der Waals surface area contributed by atoms with Gasteiger partial charge in [0.05, 0.1) is 12.1 Å². The van der Waals surface area contributed by atoms with Gasteiger partial charge in [-0.2, -0.15) is 18.4 Å². The van der Waals surface area contributed by atoms with E-state index in [-0.39, 0.29) is 24.5 Å². The van der Waals surface area contributed by atoms with Crippen LogP contribution in [0.2, 0.25) is 0 Å². The van der Waals surface area contributed by atoms with Gasteiger partial charge in [-0.15, -0.1) is 0 Å². The van der Waals surface area contributed by atoms with Gasteiger partial charge in [0.25, 0.3) is 5.91 Å². The highest BCUT2D eigenvalue weighted by Crippen LogP contribution is 2.47. The molecular weight excluding hydrogens is 417 g/mol. The second kappa shape index (κ2) is 8.34. The van der Waals surface area contributed by atoms with Crippen molar-refractivity contribution in [3.63, 3.8) is 0 Å². The molecule has 0 bridgehead atoms. The first kappa shape index (κ1) is 21.9. The molecule has 166 valence electrons. The van der Waals surface area contributed by atoms with Gasteiger partial charge in [-0.25, -0.2) is 0 Å². The predicted octanol–water partition coefficient (Wildman–Crippen LogP) is 5.36. The Balaban J connectivity index is 1.57. The third kappa shape index (κ3) is 4.36. The van der Waals surface area contributed by atoms with Gasteiger partial charge in [-0.1, -0.05) is 35.9 Å². The summed E-state index contributed by atoms with van der Waals surface area (Å²) in [4.78, 5) is 12.9. The van der Waals surface area contributed by atoms with E-state index in [0.29, 0.717) is 25.0 Å². The maximum atomic E-state index is 12.9. The Hall–Kier alpha value is -3.27. The van der Waals surface area contributed by atoms with Gasteiger partial charge in [-0.05, 0) is 60.6 Å². The molecule has 1 amide bonds. The summed E-state index contributed by atoms with van der Waals surface area (Å²) in [5.74, 6) is 0.145. The molecule has 2 aromatic carbocycles. The van der Waals surface area contributed by atoms with E-state index in [4.69, 9.17) is 4.74 Å². The van der Waals surface area contributed by atoms with E-state index < -0.39 is 18.1 Å². The van der Waals surface area contributed by atoms with Gasteiger partial charge < -0.3 is 10.1 Å². The predicted molar refractivity (Wildman–Crippen MR) is 114 cm³/mol. The number of nitriles is 1. The average Bonchev–Trinajstić information content (AvgIpc) is 3.08. The van der Waals surface area contributed by atoms with Gasteiger partial charge in [0, 0.05) is 12.8 Å². The van der Waals surface area contributed by atoms with Crippen molar-refractivity contribution in [1.82, 2.24) is 5.32 Å². The van der Waals surface area contributed by atoms with Crippen molar-refractivity contribution in [2.24, 2.45) is 0 Å². The van der Waals surface area contributed by atoms with Crippen molar-refractivity contribution in [3.8, 4) is 11.8 Å². The summed E-state index contributed by atoms with van der Waals surface area (Å²) in [7, 11) is 0. The highest BCUT2D eigenvalue weighted by molar-refractivity contribution is 6.07. The third-order valence-electron chi connectivity index (χ3n) is 6.16. The maximum Gasteiger partial charge on any atom is 0.389 e. The van der Waals surface area contributed by atoms with Crippen LogP contribution in [0.4, 0.5) is 13.2 Å². The molecule has 1 spiro atoms. The Bertz CT molecular complexity index is 1110. The Morgan fingerprint density at radius 1 is 1.19 bits per heavy atom. The smallest absolute Gasteiger partial charge is 0.389 e. The number of hydrogen-bond acceptors (Lipinski definition) is 3. The average molecular weight is 440 g/mol. The van der Waals surface area contributed by atoms with Crippen molar-refractivity contribution in [3.05, 3.63) is 70.3 Å². The number of carbonyl (C=O) groups is 1. The molecule has 1 atom stereocenters. The minimum atomic E-state index is -4.18. The van der Waals surface area contributed by atoms with Crippen LogP contribution in [-0.4, -0.2) is 18.7 Å². The number of aryl methyl sites for hydroxylation is 2. The van der Waals surface area contributed by atoms with E-state index in [9.17, 15) is 23.2 Å². The number of fused-ring (bicyclic) bond motifs is 2. The van der Waals surface area contributed by atoms with Gasteiger partial charge in [0.2, 0.25) is 0 Å². The second-order valence-corrected chi connectivity index (χ2v) is 8.43. The van der Waals surface area contributed by atoms with Crippen molar-refractivity contribution < 1.29 is 22.7 Å². The van der Waals surface area contributed by atoms with Crippen LogP contribution in [0, 0.1) is 18.3 Å². The number of halogens is 3. The number of alkyl halides is 3. The molecule has 0 radical (unpaired) electrons. The number of carbonyl (C=O) groups excluding carboxylic acids is 1. The van der Waals surface area contributed by atoms with E-state index in [1.54, 1.807) is 6.07 Å². The maximum absolute atomic E-state index is 12.9. The van der Waals surface area contributed by atoms with E-state index in [1.807, 2.05) is 43.3 Å². The summed E-state index contributed by atoms with van der Waals surface area (Å²) in [5, 5.41) is 12.7. The summed E-state index contributed by atoms with van der Waals surface area (Å²) >= 11 is 0. The highest BCUT2D eigenvalue weighted by atomic mass is 19.4. The van der Waals surface area contributed by atoms with Crippen molar-refractivity contribution >= 4 is 11.5 Å². The molecule has 0 saturated carbocycles. The summed E-state index contributed by atoms with van der Waals surface area (Å²) < 4.78 is 42.4. The topological polar surface area (TPSA) is 62.1 Å². The molecule has 2 aromatic rings. The Morgan fingerprint density at radius 2 is 1.94 bits per heavy atom. The number of amides is 1. The van der Waals surface area contributed by atoms with Gasteiger partial charge in [0.1, 0.15) is 17.4 Å². The molecule has 0 unspecified atom stereocenters. The summed E-state index contributed by atoms with van der Waals surface area (Å²) in [5.41, 5.74) is 4.18. The van der Waals surface area contributed by atoms with Crippen LogP contribution in [-0.2, 0) is 16.8 Å². The quantitative estimate of drug-likeness (QED) is 0.637. The largest absolute Gasteiger partial charge is 0.494 e. The van der Waals surface area contributed by atoms with Crippen LogP contribution >= 0.6 is 0 Å². The SMILES string of the molecule is Cc1ccc(C2=C(C#N)C(=O)N[C@]3(CCc4cc(OCCCC(F)(F)F)ccc43)C2)cc1. The number of nitrogens with one attached hydrogen (secondary N) is 1. The molecule has 1 aliphatic carbocycles. The van der Waals surface area contributed by atoms with Gasteiger partial charge >= 0.3 is 6.18 Å². The Labute approximate surface area is 184 Å². The van der Waals surface area contributed by atoms with Crippen molar-refractivity contribution in [2.75, 3.05) is 6.61 Å². The lowest BCUT2D eigenvalue weighted by molar-refractivity contribution is -0.136. The van der Waals surface area contributed by atoms with E-state index in [1.165, 1.54) is 0 Å². The fourth-order valence-electron chi connectivity index (χ4n) is 4.56. The molecule has 1 heterocycles. The van der Waals surface area contributed by atoms with Crippen LogP contribution in [0.5, 0.6) is 5.75 Å². The minimum Gasteiger partial charge on any atom is -0.494 e. The standard InChI is InChI=1S/C25H23F3N2O2/c1-16-3-5-17(6-4-16)20-14-24(30-23(31)21(20)15-29)11-9-18-13-19(7-8-22(18)24)32-12-2-10-25(26,27)28/h3-8,13H,2,9-12,14H2,1H3,(H,30,31)/t24-/m1/s1. The first-order valence-electron chi connectivity index (χ1n) is 10.6. The van der Waals surface area contributed by atoms with Crippen LogP contribution in [0.25, 0.3) is 5.57 Å². The molecule has 32 heavy (non-hydrogen) atoms. The summed E-state index contributed by atoms with van der Waals surface area (Å²) in [6, 6.07) is 15.3. The second-order valence-electron chi connectivity index (χ2n) is 8.43. The molecule has 0 fully saturated rings. The number of benzene rings is 2. The molecule has 1 aliphatic heterocycles. The molecule has 0 saturated heterocycles. The van der Waals surface area contributed by atoms with Crippen molar-refractivity contribution in [2.45, 2.75) is 50.7 Å². The van der Waals surface area contributed by atoms with E-state index in [0.717, 1.165) is 27.8 Å². The number of rotatable bonds is 5. The van der Waals surface area contributed by atoms with E-state index >= 15 is 0 Å². The molecule has 2 aliphatic rings. The molecule has 4 nitrogen and oxygen atoms in total. The number of ether oxygens (including phenoxy) is 1. The van der Waals surface area contributed by atoms with Crippen LogP contribution in [0.3, 0.4) is 0 Å². The zero-order valence-electron chi connectivity index (χ0n) is 17.7. The fraction of sp³-hybridized carbons (Fsp3) is 0.360. The fourth-order valence-corrected chi connectivity index (χ4v) is 4.56. The number of nitrogens with zero attached hydrogens (tertiary/aromatic N) is 1. The van der Waals surface area contributed by atoms with Gasteiger partial charge in [0.15, 0.2) is 0 Å². The lowest BCUT2D eigenvalue weighted by Crippen LogP contribution is -2.48. The highest BCUT2D eigenvalue weighted by Gasteiger charge is 2.45. The normalized spacial score (nSPS) is 20.2. The molecular formula is C25H23F3N2O2. The van der Waals surface area contributed by atoms with Crippen LogP contribution < -0.4 is 10.1 Å². The summed E-state index contributed by atoms with van der Waals surface area (Å²) in [6.07, 6.45) is -3.26. The van der Waals surface area contributed by atoms with Crippen LogP contribution in [0.15, 0.2) is 48.0 Å². The third-order valence-corrected chi connectivity index (χ3v) is 6.16. The molecule has 4 rings (SSSR count). The number of hydrogen-bond donors (Lipinski definition) is 1. The lowest BCUT2D eigenvalue weighted by Gasteiger charge is -2.37. The first-order chi connectivity index (χ1) is 15.2. The first-order valence-corrected chi connectivity index (χ1v) is 10.6. The zero-order chi connectivity index (χ0) is 22.9. The van der Waals surface area contributed by atoms with Crippen LogP contribution in [0.1, 0.15) is 47.9 Å². The Morgan fingerprint density at radius 3 is 2.62 bits per heavy atom. The zero-order valence-corrected chi connectivity index (χ0v) is 17.7. The summed E-state index contributed by atoms with van der Waals surface area (Å²) in [6.45, 7) is 1.97. The minimum absolute atomic E-state index is 0.00792. The molecule has 0 aromatic heterocycles. The monoisotopic (exact) mass is 440 g/mol. The molecule has 1 N–H and O–H groups in total.